The van der Waals surface area contributed by atoms with Gasteiger partial charge in [0, 0.05) is 19.6 Å². The zero-order valence-corrected chi connectivity index (χ0v) is 5.57. The lowest BCUT2D eigenvalue weighted by atomic mass is 10.3. The first-order valence-electron chi connectivity index (χ1n) is 3.13. The van der Waals surface area contributed by atoms with Crippen molar-refractivity contribution in [2.75, 3.05) is 13.2 Å². The minimum Gasteiger partial charge on any atom is -0.382 e. The number of ether oxygens (including phenoxy) is 1. The topological polar surface area (TPSA) is 9.23 Å². The van der Waals surface area contributed by atoms with Crippen LogP contribution in [0.3, 0.4) is 0 Å². The molecule has 0 saturated heterocycles. The Balaban J connectivity index is 2.75. The molecule has 0 heterocycles. The van der Waals surface area contributed by atoms with Gasteiger partial charge in [0.15, 0.2) is 0 Å². The van der Waals surface area contributed by atoms with Crippen molar-refractivity contribution in [2.45, 2.75) is 26.2 Å². The highest BCUT2D eigenvalue weighted by molar-refractivity contribution is 4.39. The van der Waals surface area contributed by atoms with Gasteiger partial charge in [0.2, 0.25) is 6.43 Å². The molecule has 0 rings (SSSR count). The highest BCUT2D eigenvalue weighted by Gasteiger charge is 1.99. The van der Waals surface area contributed by atoms with E-state index in [1.165, 1.54) is 0 Å². The van der Waals surface area contributed by atoms with Gasteiger partial charge in [-0.05, 0) is 13.3 Å². The number of alkyl halides is 2. The third-order valence-corrected chi connectivity index (χ3v) is 0.915. The molecule has 0 saturated carbocycles. The van der Waals surface area contributed by atoms with E-state index in [-0.39, 0.29) is 6.42 Å². The van der Waals surface area contributed by atoms with E-state index >= 15 is 0 Å². The summed E-state index contributed by atoms with van der Waals surface area (Å²) in [7, 11) is 0. The maximum atomic E-state index is 11.4. The monoisotopic (exact) mass is 138 g/mol. The predicted octanol–water partition coefficient (Wildman–Crippen LogP) is 2.07. The molecule has 0 aromatic heterocycles. The van der Waals surface area contributed by atoms with Crippen LogP contribution >= 0.6 is 0 Å². The van der Waals surface area contributed by atoms with Gasteiger partial charge in [-0.3, -0.25) is 0 Å². The van der Waals surface area contributed by atoms with Crippen LogP contribution in [0, 0.1) is 0 Å². The Hall–Kier alpha value is -0.180. The number of hydrogen-bond donors (Lipinski definition) is 0. The van der Waals surface area contributed by atoms with Gasteiger partial charge in [-0.15, -0.1) is 0 Å². The fourth-order valence-electron chi connectivity index (χ4n) is 0.484. The molecule has 0 amide bonds. The van der Waals surface area contributed by atoms with Crippen molar-refractivity contribution in [3.63, 3.8) is 0 Å². The van der Waals surface area contributed by atoms with Crippen LogP contribution in [0.25, 0.3) is 0 Å². The summed E-state index contributed by atoms with van der Waals surface area (Å²) >= 11 is 0. The highest BCUT2D eigenvalue weighted by Crippen LogP contribution is 2.01. The van der Waals surface area contributed by atoms with E-state index in [2.05, 4.69) is 0 Å². The molecule has 0 N–H and O–H groups in total. The predicted molar refractivity (Wildman–Crippen MR) is 31.7 cm³/mol. The van der Waals surface area contributed by atoms with Crippen LogP contribution in [-0.4, -0.2) is 19.6 Å². The van der Waals surface area contributed by atoms with Gasteiger partial charge in [-0.2, -0.15) is 0 Å². The van der Waals surface area contributed by atoms with E-state index in [0.29, 0.717) is 19.6 Å². The van der Waals surface area contributed by atoms with E-state index in [1.807, 2.05) is 6.92 Å². The second-order valence-corrected chi connectivity index (χ2v) is 1.73. The Labute approximate surface area is 54.0 Å². The van der Waals surface area contributed by atoms with Crippen LogP contribution in [-0.2, 0) is 4.74 Å². The highest BCUT2D eigenvalue weighted by atomic mass is 19.3. The SMILES string of the molecule is CCOCCCC(F)F. The summed E-state index contributed by atoms with van der Waals surface area (Å²) in [6.07, 6.45) is -1.75. The largest absolute Gasteiger partial charge is 0.382 e. The van der Waals surface area contributed by atoms with Crippen molar-refractivity contribution < 1.29 is 13.5 Å². The van der Waals surface area contributed by atoms with Crippen LogP contribution in [0.1, 0.15) is 19.8 Å². The lowest BCUT2D eigenvalue weighted by molar-refractivity contribution is 0.0996. The molecule has 0 radical (unpaired) electrons. The Kier molecular flexibility index (Phi) is 5.83. The van der Waals surface area contributed by atoms with Gasteiger partial charge >= 0.3 is 0 Å². The van der Waals surface area contributed by atoms with Gasteiger partial charge < -0.3 is 4.74 Å². The van der Waals surface area contributed by atoms with Crippen LogP contribution in [0.15, 0.2) is 0 Å². The normalized spacial score (nSPS) is 10.7. The molecule has 0 atom stereocenters. The quantitative estimate of drug-likeness (QED) is 0.528. The van der Waals surface area contributed by atoms with Crippen molar-refractivity contribution in [1.82, 2.24) is 0 Å². The van der Waals surface area contributed by atoms with Crippen molar-refractivity contribution in [2.24, 2.45) is 0 Å². The summed E-state index contributed by atoms with van der Waals surface area (Å²) < 4.78 is 27.7. The summed E-state index contributed by atoms with van der Waals surface area (Å²) in [5.41, 5.74) is 0. The van der Waals surface area contributed by atoms with E-state index in [9.17, 15) is 8.78 Å². The van der Waals surface area contributed by atoms with Crippen LogP contribution in [0.4, 0.5) is 8.78 Å². The first kappa shape index (κ1) is 8.82. The molecular weight excluding hydrogens is 126 g/mol. The first-order chi connectivity index (χ1) is 4.27. The Morgan fingerprint density at radius 2 is 2.11 bits per heavy atom. The number of rotatable bonds is 5. The zero-order valence-electron chi connectivity index (χ0n) is 5.57. The maximum absolute atomic E-state index is 11.4. The molecule has 1 nitrogen and oxygen atoms in total. The minimum absolute atomic E-state index is 0.0417. The molecule has 0 aliphatic heterocycles. The van der Waals surface area contributed by atoms with Crippen molar-refractivity contribution in [1.29, 1.82) is 0 Å². The van der Waals surface area contributed by atoms with E-state index in [1.54, 1.807) is 0 Å². The number of hydrogen-bond acceptors (Lipinski definition) is 1. The van der Waals surface area contributed by atoms with Gasteiger partial charge in [-0.25, -0.2) is 8.78 Å². The van der Waals surface area contributed by atoms with Crippen molar-refractivity contribution >= 4 is 0 Å². The molecule has 9 heavy (non-hydrogen) atoms. The molecule has 0 fully saturated rings. The lowest BCUT2D eigenvalue weighted by Crippen LogP contribution is -1.97. The second kappa shape index (κ2) is 5.95. The summed E-state index contributed by atoms with van der Waals surface area (Å²) in [5.74, 6) is 0. The van der Waals surface area contributed by atoms with E-state index in [4.69, 9.17) is 4.74 Å². The molecule has 0 unspecified atom stereocenters. The molecule has 0 aromatic carbocycles. The second-order valence-electron chi connectivity index (χ2n) is 1.73. The average molecular weight is 138 g/mol. The van der Waals surface area contributed by atoms with Crippen molar-refractivity contribution in [3.8, 4) is 0 Å². The average Bonchev–Trinajstić information content (AvgIpc) is 1.80. The molecular formula is C6H12F2O. The van der Waals surface area contributed by atoms with Crippen LogP contribution < -0.4 is 0 Å². The summed E-state index contributed by atoms with van der Waals surface area (Å²) in [4.78, 5) is 0. The fraction of sp³-hybridized carbons (Fsp3) is 1.00. The first-order valence-corrected chi connectivity index (χ1v) is 3.13. The third-order valence-electron chi connectivity index (χ3n) is 0.915. The fourth-order valence-corrected chi connectivity index (χ4v) is 0.484. The van der Waals surface area contributed by atoms with Crippen molar-refractivity contribution in [3.05, 3.63) is 0 Å². The molecule has 0 spiro atoms. The summed E-state index contributed by atoms with van der Waals surface area (Å²) in [5, 5.41) is 0. The van der Waals surface area contributed by atoms with Gasteiger partial charge in [0.25, 0.3) is 0 Å². The Morgan fingerprint density at radius 1 is 1.44 bits per heavy atom. The van der Waals surface area contributed by atoms with Crippen LogP contribution in [0.2, 0.25) is 0 Å². The molecule has 0 aliphatic carbocycles. The molecule has 3 heteroatoms. The van der Waals surface area contributed by atoms with Gasteiger partial charge in [0.1, 0.15) is 0 Å². The number of halogens is 2. The minimum atomic E-state index is -2.18. The smallest absolute Gasteiger partial charge is 0.238 e. The van der Waals surface area contributed by atoms with E-state index in [0.717, 1.165) is 0 Å². The Morgan fingerprint density at radius 3 is 2.56 bits per heavy atom. The summed E-state index contributed by atoms with van der Waals surface area (Å²) in [6, 6.07) is 0. The molecule has 56 valence electrons. The lowest BCUT2D eigenvalue weighted by Gasteiger charge is -1.98. The van der Waals surface area contributed by atoms with Gasteiger partial charge in [-0.1, -0.05) is 0 Å². The third kappa shape index (κ3) is 7.82. The molecule has 0 aromatic rings. The van der Waals surface area contributed by atoms with Crippen LogP contribution in [0.5, 0.6) is 0 Å². The Bertz CT molecular complexity index is 57.0. The zero-order chi connectivity index (χ0) is 7.11. The molecule has 0 bridgehead atoms. The van der Waals surface area contributed by atoms with E-state index < -0.39 is 6.43 Å². The maximum Gasteiger partial charge on any atom is 0.238 e. The summed E-state index contributed by atoms with van der Waals surface area (Å²) in [6.45, 7) is 2.92. The molecule has 0 aliphatic rings. The standard InChI is InChI=1S/C6H12F2O/c1-2-9-5-3-4-6(7)8/h6H,2-5H2,1H3. The van der Waals surface area contributed by atoms with Gasteiger partial charge in [0.05, 0.1) is 0 Å².